The molecule has 0 aliphatic rings. The Bertz CT molecular complexity index is 361. The fraction of sp³-hybridized carbons (Fsp3) is 0.538. The average Bonchev–Trinajstić information content (AvgIpc) is 2.20. The molecule has 3 heteroatoms. The summed E-state index contributed by atoms with van der Waals surface area (Å²) in [4.78, 5) is 0. The number of aliphatic hydroxyl groups excluding tert-OH is 1. The number of halogens is 1. The fourth-order valence-electron chi connectivity index (χ4n) is 1.29. The van der Waals surface area contributed by atoms with E-state index in [-0.39, 0.29) is 11.4 Å². The molecule has 0 saturated carbocycles. The van der Waals surface area contributed by atoms with Crippen LogP contribution in [0.4, 0.5) is 4.39 Å². The molecule has 16 heavy (non-hydrogen) atoms. The van der Waals surface area contributed by atoms with Crippen molar-refractivity contribution in [3.05, 3.63) is 35.1 Å². The first-order chi connectivity index (χ1) is 7.33. The van der Waals surface area contributed by atoms with Gasteiger partial charge in [-0.1, -0.05) is 12.1 Å². The molecule has 0 bridgehead atoms. The van der Waals surface area contributed by atoms with Gasteiger partial charge in [0.05, 0.1) is 6.10 Å². The lowest BCUT2D eigenvalue weighted by Crippen LogP contribution is -2.47. The van der Waals surface area contributed by atoms with Gasteiger partial charge in [-0.2, -0.15) is 0 Å². The summed E-state index contributed by atoms with van der Waals surface area (Å²) in [6.45, 7) is 8.00. The van der Waals surface area contributed by atoms with E-state index in [9.17, 15) is 9.50 Å². The van der Waals surface area contributed by atoms with Gasteiger partial charge in [0.1, 0.15) is 5.82 Å². The van der Waals surface area contributed by atoms with Gasteiger partial charge in [-0.25, -0.2) is 4.39 Å². The number of rotatable bonds is 4. The van der Waals surface area contributed by atoms with Crippen molar-refractivity contribution in [2.24, 2.45) is 0 Å². The molecule has 1 unspecified atom stereocenters. The molecule has 1 atom stereocenters. The predicted octanol–water partition coefficient (Wildman–Crippen LogP) is 2.38. The molecule has 0 aliphatic carbocycles. The lowest BCUT2D eigenvalue weighted by molar-refractivity contribution is 0.0956. The standard InChI is InChI=1S/C13H20FNO/c1-9-7-11(5-6-12(9)14)8-15-13(3,4)10(2)16/h5-7,10,15-16H,8H2,1-4H3. The third kappa shape index (κ3) is 3.29. The van der Waals surface area contributed by atoms with E-state index < -0.39 is 6.10 Å². The van der Waals surface area contributed by atoms with Crippen molar-refractivity contribution < 1.29 is 9.50 Å². The molecule has 0 aromatic heterocycles. The summed E-state index contributed by atoms with van der Waals surface area (Å²) >= 11 is 0. The molecule has 1 rings (SSSR count). The van der Waals surface area contributed by atoms with Crippen molar-refractivity contribution in [3.63, 3.8) is 0 Å². The second kappa shape index (κ2) is 4.93. The summed E-state index contributed by atoms with van der Waals surface area (Å²) < 4.78 is 13.0. The van der Waals surface area contributed by atoms with Crippen LogP contribution in [0.2, 0.25) is 0 Å². The van der Waals surface area contributed by atoms with Gasteiger partial charge < -0.3 is 10.4 Å². The van der Waals surface area contributed by atoms with Crippen molar-refractivity contribution in [1.29, 1.82) is 0 Å². The fourth-order valence-corrected chi connectivity index (χ4v) is 1.29. The highest BCUT2D eigenvalue weighted by Gasteiger charge is 2.22. The van der Waals surface area contributed by atoms with Gasteiger partial charge in [0.2, 0.25) is 0 Å². The molecule has 0 saturated heterocycles. The minimum absolute atomic E-state index is 0.182. The zero-order chi connectivity index (χ0) is 12.3. The van der Waals surface area contributed by atoms with Crippen LogP contribution in [0.1, 0.15) is 31.9 Å². The molecule has 2 N–H and O–H groups in total. The molecule has 1 aromatic carbocycles. The molecular weight excluding hydrogens is 205 g/mol. The quantitative estimate of drug-likeness (QED) is 0.824. The Kier molecular flexibility index (Phi) is 4.05. The number of hydrogen-bond donors (Lipinski definition) is 2. The predicted molar refractivity (Wildman–Crippen MR) is 63.7 cm³/mol. The Labute approximate surface area is 96.5 Å². The number of benzene rings is 1. The van der Waals surface area contributed by atoms with E-state index in [1.807, 2.05) is 19.9 Å². The highest BCUT2D eigenvalue weighted by atomic mass is 19.1. The molecule has 0 spiro atoms. The van der Waals surface area contributed by atoms with Crippen molar-refractivity contribution in [2.45, 2.75) is 45.9 Å². The lowest BCUT2D eigenvalue weighted by Gasteiger charge is -2.29. The summed E-state index contributed by atoms with van der Waals surface area (Å²) in [5.41, 5.74) is 1.32. The number of nitrogens with one attached hydrogen (secondary N) is 1. The normalized spacial score (nSPS) is 13.9. The Hall–Kier alpha value is -0.930. The zero-order valence-corrected chi connectivity index (χ0v) is 10.3. The van der Waals surface area contributed by atoms with Gasteiger partial charge in [0, 0.05) is 12.1 Å². The van der Waals surface area contributed by atoms with Gasteiger partial charge >= 0.3 is 0 Å². The third-order valence-corrected chi connectivity index (χ3v) is 3.01. The summed E-state index contributed by atoms with van der Waals surface area (Å²) in [7, 11) is 0. The summed E-state index contributed by atoms with van der Waals surface area (Å²) in [6, 6.07) is 5.05. The molecule has 0 radical (unpaired) electrons. The molecular formula is C13H20FNO. The van der Waals surface area contributed by atoms with E-state index in [1.54, 1.807) is 19.9 Å². The molecule has 0 amide bonds. The molecule has 0 fully saturated rings. The van der Waals surface area contributed by atoms with Gasteiger partial charge in [0.15, 0.2) is 0 Å². The minimum atomic E-state index is -0.436. The van der Waals surface area contributed by atoms with E-state index in [4.69, 9.17) is 0 Å². The number of aliphatic hydroxyl groups is 1. The van der Waals surface area contributed by atoms with Crippen molar-refractivity contribution in [2.75, 3.05) is 0 Å². The van der Waals surface area contributed by atoms with E-state index in [0.29, 0.717) is 12.1 Å². The molecule has 0 aliphatic heterocycles. The SMILES string of the molecule is Cc1cc(CNC(C)(C)C(C)O)ccc1F. The Balaban J connectivity index is 2.65. The van der Waals surface area contributed by atoms with Crippen LogP contribution in [0.5, 0.6) is 0 Å². The van der Waals surface area contributed by atoms with Gasteiger partial charge in [-0.15, -0.1) is 0 Å². The Morgan fingerprint density at radius 2 is 2.06 bits per heavy atom. The third-order valence-electron chi connectivity index (χ3n) is 3.01. The maximum absolute atomic E-state index is 13.0. The summed E-state index contributed by atoms with van der Waals surface area (Å²) in [6.07, 6.45) is -0.436. The topological polar surface area (TPSA) is 32.3 Å². The first-order valence-electron chi connectivity index (χ1n) is 5.51. The summed E-state index contributed by atoms with van der Waals surface area (Å²) in [5, 5.41) is 12.8. The van der Waals surface area contributed by atoms with Crippen LogP contribution in [0.3, 0.4) is 0 Å². The first-order valence-corrected chi connectivity index (χ1v) is 5.51. The van der Waals surface area contributed by atoms with Crippen LogP contribution in [-0.4, -0.2) is 16.7 Å². The van der Waals surface area contributed by atoms with Crippen LogP contribution in [0.25, 0.3) is 0 Å². The molecule has 2 nitrogen and oxygen atoms in total. The Morgan fingerprint density at radius 3 is 2.56 bits per heavy atom. The number of aryl methyl sites for hydroxylation is 1. The lowest BCUT2D eigenvalue weighted by atomic mass is 9.98. The van der Waals surface area contributed by atoms with Gasteiger partial charge in [0.25, 0.3) is 0 Å². The van der Waals surface area contributed by atoms with E-state index in [0.717, 1.165) is 5.56 Å². The molecule has 90 valence electrons. The van der Waals surface area contributed by atoms with Crippen LogP contribution in [0, 0.1) is 12.7 Å². The van der Waals surface area contributed by atoms with Crippen LogP contribution in [0.15, 0.2) is 18.2 Å². The van der Waals surface area contributed by atoms with Crippen molar-refractivity contribution in [1.82, 2.24) is 5.32 Å². The van der Waals surface area contributed by atoms with Crippen LogP contribution >= 0.6 is 0 Å². The highest BCUT2D eigenvalue weighted by Crippen LogP contribution is 2.12. The smallest absolute Gasteiger partial charge is 0.126 e. The van der Waals surface area contributed by atoms with Gasteiger partial charge in [-0.3, -0.25) is 0 Å². The maximum atomic E-state index is 13.0. The molecule has 0 heterocycles. The summed E-state index contributed by atoms with van der Waals surface area (Å²) in [5.74, 6) is -0.182. The largest absolute Gasteiger partial charge is 0.392 e. The second-order valence-corrected chi connectivity index (χ2v) is 4.83. The van der Waals surface area contributed by atoms with E-state index in [2.05, 4.69) is 5.32 Å². The monoisotopic (exact) mass is 225 g/mol. The van der Waals surface area contributed by atoms with Crippen molar-refractivity contribution in [3.8, 4) is 0 Å². The highest BCUT2D eigenvalue weighted by molar-refractivity contribution is 5.23. The van der Waals surface area contributed by atoms with Crippen LogP contribution < -0.4 is 5.32 Å². The first kappa shape index (κ1) is 13.1. The van der Waals surface area contributed by atoms with E-state index >= 15 is 0 Å². The average molecular weight is 225 g/mol. The number of hydrogen-bond acceptors (Lipinski definition) is 2. The van der Waals surface area contributed by atoms with Crippen LogP contribution in [-0.2, 0) is 6.54 Å². The minimum Gasteiger partial charge on any atom is -0.392 e. The zero-order valence-electron chi connectivity index (χ0n) is 10.3. The van der Waals surface area contributed by atoms with Crippen molar-refractivity contribution >= 4 is 0 Å². The maximum Gasteiger partial charge on any atom is 0.126 e. The van der Waals surface area contributed by atoms with E-state index in [1.165, 1.54) is 6.07 Å². The second-order valence-electron chi connectivity index (χ2n) is 4.83. The Morgan fingerprint density at radius 1 is 1.44 bits per heavy atom. The van der Waals surface area contributed by atoms with Gasteiger partial charge in [-0.05, 0) is 44.9 Å². The molecule has 1 aromatic rings.